The predicted octanol–water partition coefficient (Wildman–Crippen LogP) is 4.93. The molecule has 1 rings (SSSR count). The maximum absolute atomic E-state index is 4.23. The van der Waals surface area contributed by atoms with Crippen LogP contribution >= 0.6 is 12.6 Å². The van der Waals surface area contributed by atoms with Crippen molar-refractivity contribution in [1.29, 1.82) is 0 Å². The number of hydrogen-bond donors (Lipinski definition) is 1. The molecule has 0 aliphatic carbocycles. The highest BCUT2D eigenvalue weighted by Crippen LogP contribution is 2.10. The lowest BCUT2D eigenvalue weighted by Gasteiger charge is -2.03. The maximum Gasteiger partial charge on any atom is 0.0219 e. The maximum atomic E-state index is 4.23. The minimum atomic E-state index is 1.05. The molecular weight excluding hydrogens is 226 g/mol. The van der Waals surface area contributed by atoms with Gasteiger partial charge in [-0.05, 0) is 30.7 Å². The van der Waals surface area contributed by atoms with Gasteiger partial charge in [0.1, 0.15) is 0 Å². The van der Waals surface area contributed by atoms with E-state index in [4.69, 9.17) is 0 Å². The lowest BCUT2D eigenvalue weighted by molar-refractivity contribution is 0.540. The van der Waals surface area contributed by atoms with E-state index >= 15 is 0 Å². The molecule has 0 spiro atoms. The van der Waals surface area contributed by atoms with Crippen LogP contribution in [0.2, 0.25) is 0 Å². The van der Waals surface area contributed by atoms with Gasteiger partial charge in [-0.2, -0.15) is 12.6 Å². The van der Waals surface area contributed by atoms with E-state index in [2.05, 4.69) is 41.7 Å². The highest BCUT2D eigenvalue weighted by atomic mass is 32.1. The molecule has 0 atom stereocenters. The van der Waals surface area contributed by atoms with E-state index in [1.165, 1.54) is 64.3 Å². The Kier molecular flexibility index (Phi) is 9.30. The number of aryl methyl sites for hydroxylation is 1. The van der Waals surface area contributed by atoms with Gasteiger partial charge in [-0.1, -0.05) is 44.9 Å². The Balaban J connectivity index is 1.76. The first-order chi connectivity index (χ1) is 8.43. The Morgan fingerprint density at radius 2 is 1.12 bits per heavy atom. The number of thiol groups is 1. The topological polar surface area (TPSA) is 4.93 Å². The van der Waals surface area contributed by atoms with E-state index in [9.17, 15) is 0 Å². The van der Waals surface area contributed by atoms with Crippen LogP contribution < -0.4 is 0 Å². The van der Waals surface area contributed by atoms with Gasteiger partial charge in [-0.3, -0.25) is 0 Å². The van der Waals surface area contributed by atoms with Crippen LogP contribution in [-0.2, 0) is 6.54 Å². The molecule has 0 bridgehead atoms. The number of rotatable bonds is 11. The van der Waals surface area contributed by atoms with Crippen molar-refractivity contribution in [2.45, 2.75) is 64.3 Å². The van der Waals surface area contributed by atoms with Crippen LogP contribution in [0, 0.1) is 0 Å². The zero-order valence-electron chi connectivity index (χ0n) is 11.0. The van der Waals surface area contributed by atoms with E-state index in [0.29, 0.717) is 0 Å². The van der Waals surface area contributed by atoms with Gasteiger partial charge < -0.3 is 4.57 Å². The molecule has 0 amide bonds. The third-order valence-corrected chi connectivity index (χ3v) is 3.56. The number of unbranched alkanes of at least 4 members (excludes halogenated alkanes) is 8. The van der Waals surface area contributed by atoms with E-state index in [1.54, 1.807) is 0 Å². The predicted molar refractivity (Wildman–Crippen MR) is 79.8 cm³/mol. The van der Waals surface area contributed by atoms with Crippen LogP contribution in [0.25, 0.3) is 0 Å². The van der Waals surface area contributed by atoms with Gasteiger partial charge in [0.15, 0.2) is 0 Å². The average Bonchev–Trinajstić information content (AvgIpc) is 2.85. The highest BCUT2D eigenvalue weighted by Gasteiger charge is 1.93. The van der Waals surface area contributed by atoms with Gasteiger partial charge in [0.2, 0.25) is 0 Å². The molecule has 0 aromatic carbocycles. The lowest BCUT2D eigenvalue weighted by atomic mass is 10.1. The summed E-state index contributed by atoms with van der Waals surface area (Å²) in [6, 6.07) is 4.20. The molecule has 1 aromatic heterocycles. The molecule has 0 N–H and O–H groups in total. The van der Waals surface area contributed by atoms with E-state index in [0.717, 1.165) is 5.75 Å². The monoisotopic (exact) mass is 253 g/mol. The van der Waals surface area contributed by atoms with Crippen LogP contribution in [0.5, 0.6) is 0 Å². The molecule has 1 aromatic rings. The quantitative estimate of drug-likeness (QED) is 0.421. The Hall–Kier alpha value is -0.370. The van der Waals surface area contributed by atoms with Crippen molar-refractivity contribution in [2.75, 3.05) is 5.75 Å². The standard InChI is InChI=1S/C15H27NS/c17-15-11-7-5-3-1-2-4-6-8-12-16-13-9-10-14-16/h9-10,13-14,17H,1-8,11-12,15H2. The summed E-state index contributed by atoms with van der Waals surface area (Å²) in [6.45, 7) is 1.19. The lowest BCUT2D eigenvalue weighted by Crippen LogP contribution is -1.93. The Bertz CT molecular complexity index is 243. The summed E-state index contributed by atoms with van der Waals surface area (Å²) in [5.74, 6) is 1.05. The average molecular weight is 253 g/mol. The molecule has 0 aliphatic heterocycles. The van der Waals surface area contributed by atoms with Crippen LogP contribution in [0.4, 0.5) is 0 Å². The molecule has 98 valence electrons. The second kappa shape index (κ2) is 10.8. The van der Waals surface area contributed by atoms with Gasteiger partial charge in [0.05, 0.1) is 0 Å². The van der Waals surface area contributed by atoms with Crippen molar-refractivity contribution in [1.82, 2.24) is 4.57 Å². The fourth-order valence-corrected chi connectivity index (χ4v) is 2.39. The van der Waals surface area contributed by atoms with E-state index in [1.807, 2.05) is 0 Å². The zero-order valence-corrected chi connectivity index (χ0v) is 11.9. The molecular formula is C15H27NS. The fraction of sp³-hybridized carbons (Fsp3) is 0.733. The van der Waals surface area contributed by atoms with Gasteiger partial charge >= 0.3 is 0 Å². The third kappa shape index (κ3) is 8.37. The molecule has 2 heteroatoms. The summed E-state index contributed by atoms with van der Waals surface area (Å²) < 4.78 is 2.28. The zero-order chi connectivity index (χ0) is 12.2. The van der Waals surface area contributed by atoms with Crippen LogP contribution in [0.1, 0.15) is 57.8 Å². The number of aromatic nitrogens is 1. The van der Waals surface area contributed by atoms with Gasteiger partial charge in [0, 0.05) is 18.9 Å². The molecule has 1 nitrogen and oxygen atoms in total. The third-order valence-electron chi connectivity index (χ3n) is 3.24. The summed E-state index contributed by atoms with van der Waals surface area (Å²) in [6.07, 6.45) is 16.8. The molecule has 17 heavy (non-hydrogen) atoms. The smallest absolute Gasteiger partial charge is 0.0219 e. The van der Waals surface area contributed by atoms with Crippen LogP contribution in [0.15, 0.2) is 24.5 Å². The largest absolute Gasteiger partial charge is 0.354 e. The van der Waals surface area contributed by atoms with E-state index in [-0.39, 0.29) is 0 Å². The molecule has 0 fully saturated rings. The fourth-order valence-electron chi connectivity index (χ4n) is 2.16. The summed E-state index contributed by atoms with van der Waals surface area (Å²) in [4.78, 5) is 0. The van der Waals surface area contributed by atoms with Gasteiger partial charge in [-0.15, -0.1) is 0 Å². The summed E-state index contributed by atoms with van der Waals surface area (Å²) in [7, 11) is 0. The molecule has 0 aliphatic rings. The Morgan fingerprint density at radius 3 is 1.65 bits per heavy atom. The summed E-state index contributed by atoms with van der Waals surface area (Å²) >= 11 is 4.23. The Morgan fingerprint density at radius 1 is 0.647 bits per heavy atom. The Labute approximate surface area is 112 Å². The minimum Gasteiger partial charge on any atom is -0.354 e. The van der Waals surface area contributed by atoms with E-state index < -0.39 is 0 Å². The molecule has 0 unspecified atom stereocenters. The van der Waals surface area contributed by atoms with Crippen molar-refractivity contribution in [3.63, 3.8) is 0 Å². The number of nitrogens with zero attached hydrogens (tertiary/aromatic N) is 1. The van der Waals surface area contributed by atoms with Crippen molar-refractivity contribution in [3.05, 3.63) is 24.5 Å². The number of hydrogen-bond acceptors (Lipinski definition) is 1. The highest BCUT2D eigenvalue weighted by molar-refractivity contribution is 7.80. The second-order valence-electron chi connectivity index (χ2n) is 4.83. The first kappa shape index (κ1) is 14.7. The minimum absolute atomic E-state index is 1.05. The first-order valence-corrected chi connectivity index (χ1v) is 7.78. The van der Waals surface area contributed by atoms with Crippen molar-refractivity contribution in [3.8, 4) is 0 Å². The molecule has 0 saturated carbocycles. The van der Waals surface area contributed by atoms with Crippen molar-refractivity contribution >= 4 is 12.6 Å². The molecule has 1 heterocycles. The van der Waals surface area contributed by atoms with Gasteiger partial charge in [-0.25, -0.2) is 0 Å². The van der Waals surface area contributed by atoms with Gasteiger partial charge in [0.25, 0.3) is 0 Å². The normalized spacial score (nSPS) is 10.9. The summed E-state index contributed by atoms with van der Waals surface area (Å²) in [5, 5.41) is 0. The SMILES string of the molecule is SCCCCCCCCCCCn1cccc1. The van der Waals surface area contributed by atoms with Crippen LogP contribution in [-0.4, -0.2) is 10.3 Å². The summed E-state index contributed by atoms with van der Waals surface area (Å²) in [5.41, 5.74) is 0. The molecule has 0 saturated heterocycles. The van der Waals surface area contributed by atoms with Crippen molar-refractivity contribution in [2.24, 2.45) is 0 Å². The van der Waals surface area contributed by atoms with Crippen LogP contribution in [0.3, 0.4) is 0 Å². The first-order valence-electron chi connectivity index (χ1n) is 7.15. The van der Waals surface area contributed by atoms with Crippen molar-refractivity contribution < 1.29 is 0 Å². The molecule has 0 radical (unpaired) electrons. The second-order valence-corrected chi connectivity index (χ2v) is 5.27.